The summed E-state index contributed by atoms with van der Waals surface area (Å²) in [4.78, 5) is 0. The van der Waals surface area contributed by atoms with Crippen molar-refractivity contribution >= 4 is 16.1 Å². The number of rotatable bonds is 3. The van der Waals surface area contributed by atoms with Gasteiger partial charge in [0.25, 0.3) is 0 Å². The number of hydrazine groups is 1. The van der Waals surface area contributed by atoms with Crippen LogP contribution in [0.1, 0.15) is 12.5 Å². The second-order valence-electron chi connectivity index (χ2n) is 3.06. The second-order valence-corrected chi connectivity index (χ2v) is 3.95. The fourth-order valence-electron chi connectivity index (χ4n) is 1.04. The molecule has 1 aromatic rings. The average Bonchev–Trinajstić information content (AvgIpc) is 2.16. The van der Waals surface area contributed by atoms with Gasteiger partial charge in [-0.3, -0.25) is 14.3 Å². The van der Waals surface area contributed by atoms with Gasteiger partial charge >= 0.3 is 10.4 Å². The summed E-state index contributed by atoms with van der Waals surface area (Å²) in [6, 6.07) is 7.65. The first kappa shape index (κ1) is 15.8. The Kier molecular flexibility index (Phi) is 6.69. The highest BCUT2D eigenvalue weighted by atomic mass is 32.3. The van der Waals surface area contributed by atoms with Crippen molar-refractivity contribution in [2.75, 3.05) is 11.7 Å². The Morgan fingerprint density at radius 2 is 1.76 bits per heavy atom. The first-order valence-electron chi connectivity index (χ1n) is 4.73. The average molecular weight is 264 g/mol. The summed E-state index contributed by atoms with van der Waals surface area (Å²) in [5.41, 5.74) is 4.63. The molecule has 0 spiro atoms. The van der Waals surface area contributed by atoms with Crippen LogP contribution in [0.25, 0.3) is 0 Å². The molecule has 0 fully saturated rings. The summed E-state index contributed by atoms with van der Waals surface area (Å²) in [5.74, 6) is 0. The molecule has 0 radical (unpaired) electrons. The lowest BCUT2D eigenvalue weighted by molar-refractivity contribution is 0.213. The fourth-order valence-corrected chi connectivity index (χ4v) is 1.04. The van der Waals surface area contributed by atoms with E-state index in [9.17, 15) is 5.21 Å². The summed E-state index contributed by atoms with van der Waals surface area (Å²) in [6.45, 7) is 4.59. The Labute approximate surface area is 100 Å². The summed E-state index contributed by atoms with van der Waals surface area (Å²) in [7, 11) is -4.67. The first-order valence-corrected chi connectivity index (χ1v) is 6.13. The predicted molar refractivity (Wildman–Crippen MR) is 63.3 cm³/mol. The highest BCUT2D eigenvalue weighted by Crippen LogP contribution is 2.15. The summed E-state index contributed by atoms with van der Waals surface area (Å²) >= 11 is 0. The van der Waals surface area contributed by atoms with E-state index in [1.165, 1.54) is 0 Å². The number of hydrogen-bond donors (Lipinski definition) is 4. The van der Waals surface area contributed by atoms with Gasteiger partial charge in [0.05, 0.1) is 5.69 Å². The van der Waals surface area contributed by atoms with Crippen molar-refractivity contribution in [1.29, 1.82) is 0 Å². The molecule has 0 atom stereocenters. The molecule has 17 heavy (non-hydrogen) atoms. The minimum Gasteiger partial charge on any atom is -0.273 e. The molecule has 7 nitrogen and oxygen atoms in total. The molecular formula is C9H16N2O5S. The molecular weight excluding hydrogens is 248 g/mol. The molecule has 8 heteroatoms. The number of nitrogens with one attached hydrogen (secondary N) is 1. The molecule has 0 amide bonds. The van der Waals surface area contributed by atoms with E-state index in [4.69, 9.17) is 17.5 Å². The number of aryl methyl sites for hydroxylation is 1. The molecule has 0 unspecified atom stereocenters. The zero-order valence-corrected chi connectivity index (χ0v) is 10.3. The predicted octanol–water partition coefficient (Wildman–Crippen LogP) is 1.06. The number of para-hydroxylation sites is 1. The lowest BCUT2D eigenvalue weighted by Crippen LogP contribution is -2.35. The van der Waals surface area contributed by atoms with E-state index in [2.05, 4.69) is 5.43 Å². The van der Waals surface area contributed by atoms with Crippen molar-refractivity contribution in [2.24, 2.45) is 0 Å². The van der Waals surface area contributed by atoms with E-state index in [1.807, 2.05) is 38.1 Å². The van der Waals surface area contributed by atoms with Crippen LogP contribution >= 0.6 is 0 Å². The van der Waals surface area contributed by atoms with Gasteiger partial charge in [0.1, 0.15) is 0 Å². The van der Waals surface area contributed by atoms with E-state index in [0.717, 1.165) is 16.4 Å². The smallest absolute Gasteiger partial charge is 0.273 e. The summed E-state index contributed by atoms with van der Waals surface area (Å²) in [5, 5.41) is 10.5. The van der Waals surface area contributed by atoms with Crippen molar-refractivity contribution in [1.82, 2.24) is 5.43 Å². The van der Waals surface area contributed by atoms with E-state index < -0.39 is 10.4 Å². The molecule has 0 aromatic heterocycles. The standard InChI is InChI=1S/C9H14N2O.H2O4S/c1-3-10-11(12)9-7-5-4-6-8(9)2;1-5(2,3)4/h4-7,10,12H,3H2,1-2H3;(H2,1,2,3,4). The van der Waals surface area contributed by atoms with Crippen LogP contribution in [-0.4, -0.2) is 29.3 Å². The maximum absolute atomic E-state index is 9.42. The SMILES string of the molecule is CCNN(O)c1ccccc1C.O=S(=O)(O)O. The Bertz CT molecular complexity index is 427. The molecule has 0 heterocycles. The van der Waals surface area contributed by atoms with Crippen molar-refractivity contribution in [3.8, 4) is 0 Å². The van der Waals surface area contributed by atoms with Gasteiger partial charge in [0, 0.05) is 6.54 Å². The largest absolute Gasteiger partial charge is 0.394 e. The van der Waals surface area contributed by atoms with Crippen LogP contribution in [0.5, 0.6) is 0 Å². The van der Waals surface area contributed by atoms with E-state index in [-0.39, 0.29) is 0 Å². The van der Waals surface area contributed by atoms with E-state index in [1.54, 1.807) is 0 Å². The van der Waals surface area contributed by atoms with Crippen LogP contribution in [-0.2, 0) is 10.4 Å². The van der Waals surface area contributed by atoms with Crippen LogP contribution in [0.2, 0.25) is 0 Å². The molecule has 0 aliphatic carbocycles. The highest BCUT2D eigenvalue weighted by Gasteiger charge is 2.02. The minimum atomic E-state index is -4.67. The van der Waals surface area contributed by atoms with Crippen molar-refractivity contribution < 1.29 is 22.7 Å². The highest BCUT2D eigenvalue weighted by molar-refractivity contribution is 7.79. The van der Waals surface area contributed by atoms with Crippen LogP contribution in [0.3, 0.4) is 0 Å². The lowest BCUT2D eigenvalue weighted by atomic mass is 10.2. The van der Waals surface area contributed by atoms with Gasteiger partial charge in [-0.25, -0.2) is 5.43 Å². The quantitative estimate of drug-likeness (QED) is 0.477. The van der Waals surface area contributed by atoms with Crippen LogP contribution in [0, 0.1) is 6.92 Å². The molecule has 0 bridgehead atoms. The molecule has 1 aromatic carbocycles. The van der Waals surface area contributed by atoms with Gasteiger partial charge in [0.15, 0.2) is 0 Å². The molecule has 1 rings (SSSR count). The normalized spacial score (nSPS) is 10.4. The van der Waals surface area contributed by atoms with Crippen LogP contribution < -0.4 is 10.6 Å². The molecule has 98 valence electrons. The minimum absolute atomic E-state index is 0.699. The van der Waals surface area contributed by atoms with E-state index in [0.29, 0.717) is 6.54 Å². The fraction of sp³-hybridized carbons (Fsp3) is 0.333. The van der Waals surface area contributed by atoms with Gasteiger partial charge in [-0.15, -0.1) is 0 Å². The third-order valence-corrected chi connectivity index (χ3v) is 1.65. The topological polar surface area (TPSA) is 110 Å². The van der Waals surface area contributed by atoms with Gasteiger partial charge in [-0.05, 0) is 18.6 Å². The Balaban J connectivity index is 0.000000437. The second kappa shape index (κ2) is 7.20. The number of nitrogens with zero attached hydrogens (tertiary/aromatic N) is 1. The van der Waals surface area contributed by atoms with Gasteiger partial charge in [0.2, 0.25) is 0 Å². The molecule has 0 aliphatic rings. The third-order valence-electron chi connectivity index (χ3n) is 1.65. The van der Waals surface area contributed by atoms with E-state index >= 15 is 0 Å². The molecule has 0 saturated heterocycles. The van der Waals surface area contributed by atoms with Gasteiger partial charge in [-0.2, -0.15) is 13.6 Å². The maximum atomic E-state index is 9.42. The summed E-state index contributed by atoms with van der Waals surface area (Å²) < 4.78 is 31.6. The zero-order valence-electron chi connectivity index (χ0n) is 9.53. The Morgan fingerprint density at radius 3 is 2.18 bits per heavy atom. The third kappa shape index (κ3) is 8.60. The Hall–Kier alpha value is -1.19. The first-order chi connectivity index (χ1) is 7.75. The van der Waals surface area contributed by atoms with Gasteiger partial charge in [-0.1, -0.05) is 25.1 Å². The molecule has 4 N–H and O–H groups in total. The molecule has 0 aliphatic heterocycles. The van der Waals surface area contributed by atoms with Crippen LogP contribution in [0.4, 0.5) is 5.69 Å². The summed E-state index contributed by atoms with van der Waals surface area (Å²) in [6.07, 6.45) is 0. The number of anilines is 1. The van der Waals surface area contributed by atoms with Crippen molar-refractivity contribution in [2.45, 2.75) is 13.8 Å². The number of hydrogen-bond acceptors (Lipinski definition) is 5. The van der Waals surface area contributed by atoms with Gasteiger partial charge < -0.3 is 0 Å². The molecule has 0 saturated carbocycles. The van der Waals surface area contributed by atoms with Crippen molar-refractivity contribution in [3.05, 3.63) is 29.8 Å². The Morgan fingerprint density at radius 1 is 1.29 bits per heavy atom. The van der Waals surface area contributed by atoms with Crippen LogP contribution in [0.15, 0.2) is 24.3 Å². The van der Waals surface area contributed by atoms with Crippen molar-refractivity contribution in [3.63, 3.8) is 0 Å². The number of benzene rings is 1. The zero-order chi connectivity index (χ0) is 13.5. The maximum Gasteiger partial charge on any atom is 0.394 e. The monoisotopic (exact) mass is 264 g/mol. The lowest BCUT2D eigenvalue weighted by Gasteiger charge is -2.18.